The van der Waals surface area contributed by atoms with Gasteiger partial charge in [0.05, 0.1) is 6.26 Å². The second kappa shape index (κ2) is 4.92. The van der Waals surface area contributed by atoms with Crippen LogP contribution in [0.1, 0.15) is 50.7 Å². The fraction of sp³-hybridized carbons (Fsp3) is 0.556. The van der Waals surface area contributed by atoms with E-state index < -0.39 is 0 Å². The number of likely N-dealkylation sites (tertiary alicyclic amines) is 1. The predicted molar refractivity (Wildman–Crippen MR) is 84.4 cm³/mol. The third-order valence-electron chi connectivity index (χ3n) is 4.63. The van der Waals surface area contributed by atoms with Crippen LogP contribution < -0.4 is 0 Å². The molecule has 1 saturated heterocycles. The lowest BCUT2D eigenvalue weighted by molar-refractivity contribution is 0.255. The van der Waals surface area contributed by atoms with E-state index in [1.807, 2.05) is 6.26 Å². The molecule has 2 heterocycles. The maximum absolute atomic E-state index is 5.78. The van der Waals surface area contributed by atoms with Gasteiger partial charge < -0.3 is 9.32 Å². The molecule has 2 nitrogen and oxygen atoms in total. The summed E-state index contributed by atoms with van der Waals surface area (Å²) < 4.78 is 5.78. The zero-order chi connectivity index (χ0) is 14.3. The van der Waals surface area contributed by atoms with E-state index >= 15 is 0 Å². The third kappa shape index (κ3) is 2.49. The third-order valence-corrected chi connectivity index (χ3v) is 4.63. The summed E-state index contributed by atoms with van der Waals surface area (Å²) in [6, 6.07) is 6.67. The lowest BCUT2D eigenvalue weighted by Gasteiger charge is -2.28. The van der Waals surface area contributed by atoms with Crippen LogP contribution in [0.15, 0.2) is 28.9 Å². The van der Waals surface area contributed by atoms with Gasteiger partial charge in [-0.1, -0.05) is 26.8 Å². The molecule has 2 heteroatoms. The van der Waals surface area contributed by atoms with E-state index in [-0.39, 0.29) is 5.41 Å². The summed E-state index contributed by atoms with van der Waals surface area (Å²) in [7, 11) is 2.21. The Kier molecular flexibility index (Phi) is 3.37. The minimum absolute atomic E-state index is 0.190. The Balaban J connectivity index is 1.99. The standard InChI is InChI=1S/C18H25NO/c1-18(2,3)14-5-6-17-15(11-14)16(12-20-17)13-7-9-19(4)10-8-13/h5-6,11-13H,7-10H2,1-4H3. The summed E-state index contributed by atoms with van der Waals surface area (Å²) in [6.45, 7) is 9.18. The van der Waals surface area contributed by atoms with Gasteiger partial charge in [0.2, 0.25) is 0 Å². The molecule has 0 bridgehead atoms. The first-order chi connectivity index (χ1) is 9.45. The number of piperidine rings is 1. The first-order valence-electron chi connectivity index (χ1n) is 7.65. The van der Waals surface area contributed by atoms with E-state index in [0.717, 1.165) is 5.58 Å². The van der Waals surface area contributed by atoms with Gasteiger partial charge in [-0.2, -0.15) is 0 Å². The largest absolute Gasteiger partial charge is 0.464 e. The summed E-state index contributed by atoms with van der Waals surface area (Å²) >= 11 is 0. The average molecular weight is 271 g/mol. The molecule has 0 saturated carbocycles. The van der Waals surface area contributed by atoms with Crippen LogP contribution in [0.2, 0.25) is 0 Å². The van der Waals surface area contributed by atoms with Gasteiger partial charge in [-0.05, 0) is 62.0 Å². The second-order valence-electron chi connectivity index (χ2n) is 7.23. The van der Waals surface area contributed by atoms with E-state index in [0.29, 0.717) is 5.92 Å². The van der Waals surface area contributed by atoms with Crippen molar-refractivity contribution >= 4 is 11.0 Å². The Hall–Kier alpha value is -1.28. The lowest BCUT2D eigenvalue weighted by Crippen LogP contribution is -2.29. The summed E-state index contributed by atoms with van der Waals surface area (Å²) in [5, 5.41) is 1.33. The molecule has 0 aliphatic carbocycles. The molecular weight excluding hydrogens is 246 g/mol. The summed E-state index contributed by atoms with van der Waals surface area (Å²) in [5.74, 6) is 0.655. The average Bonchev–Trinajstić information content (AvgIpc) is 2.81. The molecule has 0 radical (unpaired) electrons. The van der Waals surface area contributed by atoms with Crippen LogP contribution in [-0.2, 0) is 5.41 Å². The fourth-order valence-electron chi connectivity index (χ4n) is 3.15. The zero-order valence-electron chi connectivity index (χ0n) is 13.1. The van der Waals surface area contributed by atoms with E-state index in [1.54, 1.807) is 0 Å². The molecule has 0 amide bonds. The quantitative estimate of drug-likeness (QED) is 0.757. The van der Waals surface area contributed by atoms with Crippen LogP contribution in [-0.4, -0.2) is 25.0 Å². The number of fused-ring (bicyclic) bond motifs is 1. The highest BCUT2D eigenvalue weighted by Crippen LogP contribution is 2.36. The van der Waals surface area contributed by atoms with Gasteiger partial charge in [0.15, 0.2) is 0 Å². The van der Waals surface area contributed by atoms with Crippen LogP contribution in [0.5, 0.6) is 0 Å². The molecule has 1 aromatic heterocycles. The summed E-state index contributed by atoms with van der Waals surface area (Å²) in [5.41, 5.74) is 4.03. The highest BCUT2D eigenvalue weighted by Gasteiger charge is 2.23. The van der Waals surface area contributed by atoms with Gasteiger partial charge in [0.1, 0.15) is 5.58 Å². The Morgan fingerprint density at radius 3 is 2.50 bits per heavy atom. The van der Waals surface area contributed by atoms with Gasteiger partial charge in [-0.15, -0.1) is 0 Å². The van der Waals surface area contributed by atoms with Crippen molar-refractivity contribution < 1.29 is 4.42 Å². The SMILES string of the molecule is CN1CCC(c2coc3ccc(C(C)(C)C)cc23)CC1. The van der Waals surface area contributed by atoms with Crippen LogP contribution >= 0.6 is 0 Å². The molecule has 1 aliphatic rings. The van der Waals surface area contributed by atoms with Crippen LogP contribution in [0, 0.1) is 0 Å². The maximum atomic E-state index is 5.78. The topological polar surface area (TPSA) is 16.4 Å². The molecule has 1 fully saturated rings. The zero-order valence-corrected chi connectivity index (χ0v) is 13.1. The number of furan rings is 1. The highest BCUT2D eigenvalue weighted by molar-refractivity contribution is 5.82. The molecular formula is C18H25NO. The minimum Gasteiger partial charge on any atom is -0.464 e. The van der Waals surface area contributed by atoms with E-state index in [9.17, 15) is 0 Å². The van der Waals surface area contributed by atoms with Crippen molar-refractivity contribution in [3.8, 4) is 0 Å². The molecule has 0 spiro atoms. The first-order valence-corrected chi connectivity index (χ1v) is 7.65. The number of nitrogens with zero attached hydrogens (tertiary/aromatic N) is 1. The van der Waals surface area contributed by atoms with Gasteiger partial charge >= 0.3 is 0 Å². The minimum atomic E-state index is 0.190. The summed E-state index contributed by atoms with van der Waals surface area (Å²) in [6.07, 6.45) is 4.48. The van der Waals surface area contributed by atoms with Gasteiger partial charge in [0, 0.05) is 10.9 Å². The highest BCUT2D eigenvalue weighted by atomic mass is 16.3. The van der Waals surface area contributed by atoms with Crippen molar-refractivity contribution in [1.29, 1.82) is 0 Å². The summed E-state index contributed by atoms with van der Waals surface area (Å²) in [4.78, 5) is 2.42. The predicted octanol–water partition coefficient (Wildman–Crippen LogP) is 4.54. The molecule has 1 aliphatic heterocycles. The molecule has 2 aromatic rings. The van der Waals surface area contributed by atoms with Crippen LogP contribution in [0.4, 0.5) is 0 Å². The molecule has 1 aromatic carbocycles. The molecule has 0 atom stereocenters. The Morgan fingerprint density at radius 1 is 1.15 bits per heavy atom. The van der Waals surface area contributed by atoms with Crippen molar-refractivity contribution in [2.24, 2.45) is 0 Å². The second-order valence-corrected chi connectivity index (χ2v) is 7.23. The fourth-order valence-corrected chi connectivity index (χ4v) is 3.15. The number of hydrogen-bond acceptors (Lipinski definition) is 2. The Bertz CT molecular complexity index is 597. The van der Waals surface area contributed by atoms with Crippen molar-refractivity contribution in [3.63, 3.8) is 0 Å². The smallest absolute Gasteiger partial charge is 0.134 e. The van der Waals surface area contributed by atoms with Crippen LogP contribution in [0.25, 0.3) is 11.0 Å². The van der Waals surface area contributed by atoms with Crippen LogP contribution in [0.3, 0.4) is 0 Å². The van der Waals surface area contributed by atoms with E-state index in [1.165, 1.54) is 42.4 Å². The Labute approximate surface area is 121 Å². The molecule has 3 rings (SSSR count). The van der Waals surface area contributed by atoms with Crippen molar-refractivity contribution in [3.05, 3.63) is 35.6 Å². The van der Waals surface area contributed by atoms with Gasteiger partial charge in [0.25, 0.3) is 0 Å². The maximum Gasteiger partial charge on any atom is 0.134 e. The lowest BCUT2D eigenvalue weighted by atomic mass is 9.84. The van der Waals surface area contributed by atoms with Gasteiger partial charge in [-0.25, -0.2) is 0 Å². The molecule has 0 N–H and O–H groups in total. The molecule has 0 unspecified atom stereocenters. The monoisotopic (exact) mass is 271 g/mol. The first kappa shape index (κ1) is 13.7. The normalized spacial score (nSPS) is 18.8. The van der Waals surface area contributed by atoms with Crippen molar-refractivity contribution in [2.45, 2.75) is 44.9 Å². The van der Waals surface area contributed by atoms with Crippen molar-refractivity contribution in [2.75, 3.05) is 20.1 Å². The van der Waals surface area contributed by atoms with Crippen molar-refractivity contribution in [1.82, 2.24) is 4.90 Å². The number of rotatable bonds is 1. The van der Waals surface area contributed by atoms with Gasteiger partial charge in [-0.3, -0.25) is 0 Å². The number of benzene rings is 1. The molecule has 20 heavy (non-hydrogen) atoms. The van der Waals surface area contributed by atoms with E-state index in [4.69, 9.17) is 4.42 Å². The number of hydrogen-bond donors (Lipinski definition) is 0. The Morgan fingerprint density at radius 2 is 1.85 bits per heavy atom. The van der Waals surface area contributed by atoms with E-state index in [2.05, 4.69) is 50.9 Å². The molecule has 108 valence electrons.